The van der Waals surface area contributed by atoms with Gasteiger partial charge in [0.05, 0.1) is 10.4 Å². The van der Waals surface area contributed by atoms with Crippen molar-refractivity contribution in [2.45, 2.75) is 26.2 Å². The average molecular weight is 284 g/mol. The molecule has 0 bridgehead atoms. The van der Waals surface area contributed by atoms with Crippen molar-refractivity contribution in [2.24, 2.45) is 11.1 Å². The van der Waals surface area contributed by atoms with Crippen LogP contribution in [0, 0.1) is 24.0 Å². The van der Waals surface area contributed by atoms with Crippen molar-refractivity contribution in [3.05, 3.63) is 29.3 Å². The summed E-state index contributed by atoms with van der Waals surface area (Å²) in [5, 5.41) is 2.29. The van der Waals surface area contributed by atoms with Crippen LogP contribution in [0.4, 0.5) is 14.5 Å². The molecule has 6 heteroatoms. The molecule has 1 aromatic rings. The summed E-state index contributed by atoms with van der Waals surface area (Å²) in [7, 11) is 0. The van der Waals surface area contributed by atoms with E-state index in [-0.39, 0.29) is 10.6 Å². The van der Waals surface area contributed by atoms with Crippen LogP contribution in [-0.2, 0) is 4.79 Å². The molecule has 0 saturated heterocycles. The van der Waals surface area contributed by atoms with Crippen molar-refractivity contribution < 1.29 is 13.6 Å². The van der Waals surface area contributed by atoms with Gasteiger partial charge in [-0.15, -0.1) is 0 Å². The molecule has 1 saturated carbocycles. The summed E-state index contributed by atoms with van der Waals surface area (Å²) >= 11 is 4.89. The summed E-state index contributed by atoms with van der Waals surface area (Å²) in [6.45, 7) is 1.50. The van der Waals surface area contributed by atoms with E-state index in [0.717, 1.165) is 12.5 Å². The zero-order valence-corrected chi connectivity index (χ0v) is 11.2. The van der Waals surface area contributed by atoms with Gasteiger partial charge in [-0.05, 0) is 31.4 Å². The van der Waals surface area contributed by atoms with Gasteiger partial charge in [0, 0.05) is 0 Å². The van der Waals surface area contributed by atoms with Crippen molar-refractivity contribution in [1.29, 1.82) is 0 Å². The number of anilines is 1. The lowest BCUT2D eigenvalue weighted by atomic mass is 9.68. The topological polar surface area (TPSA) is 55.1 Å². The number of carbonyl (C=O) groups is 1. The van der Waals surface area contributed by atoms with E-state index >= 15 is 0 Å². The molecule has 3 N–H and O–H groups in total. The second-order valence-corrected chi connectivity index (χ2v) is 5.25. The predicted molar refractivity (Wildman–Crippen MR) is 72.8 cm³/mol. The summed E-state index contributed by atoms with van der Waals surface area (Å²) in [6.07, 6.45) is 1.86. The van der Waals surface area contributed by atoms with Gasteiger partial charge in [0.15, 0.2) is 5.82 Å². The van der Waals surface area contributed by atoms with Crippen LogP contribution in [0.5, 0.6) is 0 Å². The zero-order chi connectivity index (χ0) is 14.2. The molecule has 0 aromatic heterocycles. The van der Waals surface area contributed by atoms with Crippen LogP contribution in [0.15, 0.2) is 12.1 Å². The Morgan fingerprint density at radius 3 is 2.53 bits per heavy atom. The van der Waals surface area contributed by atoms with E-state index < -0.39 is 28.6 Å². The second kappa shape index (κ2) is 4.85. The normalized spacial score (nSPS) is 16.6. The minimum absolute atomic E-state index is 0.0738. The molecule has 1 aromatic carbocycles. The molecule has 102 valence electrons. The molecule has 0 atom stereocenters. The fourth-order valence-electron chi connectivity index (χ4n) is 2.12. The van der Waals surface area contributed by atoms with E-state index in [2.05, 4.69) is 5.32 Å². The molecule has 1 amide bonds. The van der Waals surface area contributed by atoms with Crippen molar-refractivity contribution in [1.82, 2.24) is 0 Å². The average Bonchev–Trinajstić information content (AvgIpc) is 2.27. The van der Waals surface area contributed by atoms with Gasteiger partial charge in [-0.3, -0.25) is 4.79 Å². The lowest BCUT2D eigenvalue weighted by Crippen LogP contribution is -2.50. The SMILES string of the molecule is Cc1ccc(F)c(NC(=O)C2(C(N)=S)CCC2)c1F. The van der Waals surface area contributed by atoms with Gasteiger partial charge in [-0.1, -0.05) is 24.7 Å². The lowest BCUT2D eigenvalue weighted by Gasteiger charge is -2.39. The van der Waals surface area contributed by atoms with E-state index in [1.54, 1.807) is 0 Å². The van der Waals surface area contributed by atoms with Crippen molar-refractivity contribution in [2.75, 3.05) is 5.32 Å². The van der Waals surface area contributed by atoms with E-state index in [1.807, 2.05) is 0 Å². The number of amides is 1. The number of nitrogens with two attached hydrogens (primary N) is 1. The summed E-state index contributed by atoms with van der Waals surface area (Å²) in [4.78, 5) is 12.2. The maximum absolute atomic E-state index is 13.8. The highest BCUT2D eigenvalue weighted by atomic mass is 32.1. The van der Waals surface area contributed by atoms with Crippen LogP contribution >= 0.6 is 12.2 Å². The van der Waals surface area contributed by atoms with E-state index in [1.165, 1.54) is 13.0 Å². The Morgan fingerprint density at radius 1 is 1.42 bits per heavy atom. The van der Waals surface area contributed by atoms with Gasteiger partial charge in [0.1, 0.15) is 11.5 Å². The first-order valence-electron chi connectivity index (χ1n) is 5.94. The molecule has 0 unspecified atom stereocenters. The van der Waals surface area contributed by atoms with Gasteiger partial charge in [-0.25, -0.2) is 8.78 Å². The molecule has 2 rings (SSSR count). The molecular weight excluding hydrogens is 270 g/mol. The highest BCUT2D eigenvalue weighted by molar-refractivity contribution is 7.80. The Balaban J connectivity index is 2.29. The number of thiocarbonyl (C=S) groups is 1. The Morgan fingerprint density at radius 2 is 2.05 bits per heavy atom. The summed E-state index contributed by atoms with van der Waals surface area (Å²) in [6, 6.07) is 2.43. The van der Waals surface area contributed by atoms with E-state index in [0.29, 0.717) is 12.8 Å². The van der Waals surface area contributed by atoms with Crippen LogP contribution in [0.2, 0.25) is 0 Å². The number of nitrogens with one attached hydrogen (secondary N) is 1. The Labute approximate surface area is 115 Å². The van der Waals surface area contributed by atoms with Crippen molar-refractivity contribution in [3.8, 4) is 0 Å². The fraction of sp³-hybridized carbons (Fsp3) is 0.385. The Kier molecular flexibility index (Phi) is 3.54. The van der Waals surface area contributed by atoms with Gasteiger partial charge in [-0.2, -0.15) is 0 Å². The van der Waals surface area contributed by atoms with Gasteiger partial charge >= 0.3 is 0 Å². The molecular formula is C13H14F2N2OS. The molecule has 0 spiro atoms. The van der Waals surface area contributed by atoms with Gasteiger partial charge < -0.3 is 11.1 Å². The Bertz CT molecular complexity index is 556. The molecule has 1 aliphatic rings. The van der Waals surface area contributed by atoms with Crippen LogP contribution < -0.4 is 11.1 Å². The highest BCUT2D eigenvalue weighted by Gasteiger charge is 2.47. The number of hydrogen-bond acceptors (Lipinski definition) is 2. The van der Waals surface area contributed by atoms with Crippen molar-refractivity contribution >= 4 is 28.8 Å². The molecule has 0 aliphatic heterocycles. The van der Waals surface area contributed by atoms with Crippen molar-refractivity contribution in [3.63, 3.8) is 0 Å². The number of hydrogen-bond donors (Lipinski definition) is 2. The molecule has 0 radical (unpaired) electrons. The first-order valence-corrected chi connectivity index (χ1v) is 6.35. The monoisotopic (exact) mass is 284 g/mol. The number of rotatable bonds is 3. The first-order chi connectivity index (χ1) is 8.88. The summed E-state index contributed by atoms with van der Waals surface area (Å²) in [5.41, 5.74) is 4.44. The third kappa shape index (κ3) is 2.20. The largest absolute Gasteiger partial charge is 0.392 e. The van der Waals surface area contributed by atoms with E-state index in [4.69, 9.17) is 18.0 Å². The summed E-state index contributed by atoms with van der Waals surface area (Å²) in [5.74, 6) is -2.12. The maximum atomic E-state index is 13.8. The third-order valence-electron chi connectivity index (χ3n) is 3.64. The van der Waals surface area contributed by atoms with Crippen LogP contribution in [0.25, 0.3) is 0 Å². The van der Waals surface area contributed by atoms with Crippen LogP contribution in [0.3, 0.4) is 0 Å². The summed E-state index contributed by atoms with van der Waals surface area (Å²) < 4.78 is 27.4. The number of carbonyl (C=O) groups excluding carboxylic acids is 1. The minimum atomic E-state index is -0.960. The molecule has 19 heavy (non-hydrogen) atoms. The fourth-order valence-corrected chi connectivity index (χ4v) is 2.42. The third-order valence-corrected chi connectivity index (χ3v) is 4.03. The van der Waals surface area contributed by atoms with E-state index in [9.17, 15) is 13.6 Å². The molecule has 0 heterocycles. The molecule has 1 fully saturated rings. The number of benzene rings is 1. The maximum Gasteiger partial charge on any atom is 0.237 e. The second-order valence-electron chi connectivity index (χ2n) is 4.81. The molecule has 1 aliphatic carbocycles. The molecule has 3 nitrogen and oxygen atoms in total. The van der Waals surface area contributed by atoms with Crippen LogP contribution in [0.1, 0.15) is 24.8 Å². The number of aryl methyl sites for hydroxylation is 1. The first kappa shape index (κ1) is 13.9. The smallest absolute Gasteiger partial charge is 0.237 e. The quantitative estimate of drug-likeness (QED) is 0.839. The lowest BCUT2D eigenvalue weighted by molar-refractivity contribution is -0.125. The standard InChI is InChI=1S/C13H14F2N2OS/c1-7-3-4-8(14)10(9(7)15)17-12(18)13(11(16)19)5-2-6-13/h3-4H,2,5-6H2,1H3,(H2,16,19)(H,17,18). The van der Waals surface area contributed by atoms with Gasteiger partial charge in [0.25, 0.3) is 0 Å². The minimum Gasteiger partial charge on any atom is -0.392 e. The zero-order valence-electron chi connectivity index (χ0n) is 10.4. The number of halogens is 2. The van der Waals surface area contributed by atoms with Crippen LogP contribution in [-0.4, -0.2) is 10.9 Å². The van der Waals surface area contributed by atoms with Gasteiger partial charge in [0.2, 0.25) is 5.91 Å². The Hall–Kier alpha value is -1.56. The predicted octanol–water partition coefficient (Wildman–Crippen LogP) is 2.67. The highest BCUT2D eigenvalue weighted by Crippen LogP contribution is 2.42.